The molecule has 6 nitrogen and oxygen atoms in total. The van der Waals surface area contributed by atoms with Crippen LogP contribution in [0.1, 0.15) is 16.1 Å². The van der Waals surface area contributed by atoms with Gasteiger partial charge in [0.25, 0.3) is 11.6 Å². The molecular formula is C13H10ClN3O3. The maximum atomic E-state index is 11.9. The van der Waals surface area contributed by atoms with Gasteiger partial charge in [0.2, 0.25) is 0 Å². The third kappa shape index (κ3) is 3.30. The summed E-state index contributed by atoms with van der Waals surface area (Å²) in [6.07, 6.45) is 1.63. The molecule has 0 aliphatic heterocycles. The molecule has 2 aromatic rings. The molecule has 0 saturated heterocycles. The summed E-state index contributed by atoms with van der Waals surface area (Å²) in [7, 11) is 0. The van der Waals surface area contributed by atoms with Crippen LogP contribution in [0.2, 0.25) is 5.02 Å². The lowest BCUT2D eigenvalue weighted by Gasteiger charge is -2.06. The highest BCUT2D eigenvalue weighted by molar-refractivity contribution is 6.34. The Kier molecular flexibility index (Phi) is 4.27. The lowest BCUT2D eigenvalue weighted by Crippen LogP contribution is -2.23. The molecule has 20 heavy (non-hydrogen) atoms. The number of carbonyl (C=O) groups is 1. The first-order valence-electron chi connectivity index (χ1n) is 5.70. The Morgan fingerprint density at radius 3 is 2.75 bits per heavy atom. The third-order valence-corrected chi connectivity index (χ3v) is 2.88. The van der Waals surface area contributed by atoms with Crippen molar-refractivity contribution < 1.29 is 9.72 Å². The van der Waals surface area contributed by atoms with E-state index in [1.165, 1.54) is 12.1 Å². The number of rotatable bonds is 4. The first-order chi connectivity index (χ1) is 9.58. The van der Waals surface area contributed by atoms with E-state index in [-0.39, 0.29) is 22.8 Å². The second-order valence-electron chi connectivity index (χ2n) is 3.93. The quantitative estimate of drug-likeness (QED) is 0.693. The zero-order chi connectivity index (χ0) is 14.5. The second-order valence-corrected chi connectivity index (χ2v) is 4.33. The largest absolute Gasteiger partial charge is 0.346 e. The molecule has 7 heteroatoms. The number of aromatic nitrogens is 1. The molecule has 0 aliphatic carbocycles. The topological polar surface area (TPSA) is 85.1 Å². The lowest BCUT2D eigenvalue weighted by molar-refractivity contribution is -0.384. The van der Waals surface area contributed by atoms with Gasteiger partial charge in [0.1, 0.15) is 0 Å². The van der Waals surface area contributed by atoms with E-state index < -0.39 is 10.8 Å². The number of pyridine rings is 1. The van der Waals surface area contributed by atoms with E-state index >= 15 is 0 Å². The van der Waals surface area contributed by atoms with Crippen molar-refractivity contribution in [3.05, 3.63) is 69.0 Å². The number of nitro groups is 1. The smallest absolute Gasteiger partial charge is 0.270 e. The molecule has 0 bridgehead atoms. The van der Waals surface area contributed by atoms with E-state index in [0.29, 0.717) is 5.69 Å². The fraction of sp³-hybridized carbons (Fsp3) is 0.0769. The zero-order valence-electron chi connectivity index (χ0n) is 10.2. The van der Waals surface area contributed by atoms with Crippen LogP contribution >= 0.6 is 11.6 Å². The number of hydrogen-bond acceptors (Lipinski definition) is 4. The van der Waals surface area contributed by atoms with Crippen molar-refractivity contribution >= 4 is 23.2 Å². The zero-order valence-corrected chi connectivity index (χ0v) is 11.0. The van der Waals surface area contributed by atoms with Crippen molar-refractivity contribution in [1.29, 1.82) is 0 Å². The van der Waals surface area contributed by atoms with Gasteiger partial charge in [-0.1, -0.05) is 17.7 Å². The van der Waals surface area contributed by atoms with Gasteiger partial charge in [-0.2, -0.15) is 0 Å². The van der Waals surface area contributed by atoms with E-state index in [4.69, 9.17) is 11.6 Å². The summed E-state index contributed by atoms with van der Waals surface area (Å²) in [6, 6.07) is 9.08. The van der Waals surface area contributed by atoms with E-state index in [9.17, 15) is 14.9 Å². The Morgan fingerprint density at radius 1 is 1.35 bits per heavy atom. The van der Waals surface area contributed by atoms with Crippen molar-refractivity contribution in [3.8, 4) is 0 Å². The van der Waals surface area contributed by atoms with Gasteiger partial charge in [-0.25, -0.2) is 0 Å². The SMILES string of the molecule is O=C(NCc1ccccn1)c1ccc([N+](=O)[O-])cc1Cl. The normalized spacial score (nSPS) is 10.1. The highest BCUT2D eigenvalue weighted by atomic mass is 35.5. The van der Waals surface area contributed by atoms with E-state index in [0.717, 1.165) is 6.07 Å². The number of hydrogen-bond donors (Lipinski definition) is 1. The molecule has 1 aromatic carbocycles. The van der Waals surface area contributed by atoms with Gasteiger partial charge in [0, 0.05) is 18.3 Å². The summed E-state index contributed by atoms with van der Waals surface area (Å²) >= 11 is 5.87. The van der Waals surface area contributed by atoms with Crippen LogP contribution in [0.4, 0.5) is 5.69 Å². The summed E-state index contributed by atoms with van der Waals surface area (Å²) in [4.78, 5) is 26.0. The fourth-order valence-corrected chi connectivity index (χ4v) is 1.83. The highest BCUT2D eigenvalue weighted by Gasteiger charge is 2.14. The number of carbonyl (C=O) groups excluding carboxylic acids is 1. The molecule has 2 rings (SSSR count). The molecule has 0 radical (unpaired) electrons. The van der Waals surface area contributed by atoms with Gasteiger partial charge in [-0.15, -0.1) is 0 Å². The van der Waals surface area contributed by atoms with E-state index in [2.05, 4.69) is 10.3 Å². The van der Waals surface area contributed by atoms with Crippen LogP contribution in [0, 0.1) is 10.1 Å². The van der Waals surface area contributed by atoms with Crippen LogP contribution in [-0.4, -0.2) is 15.8 Å². The van der Waals surface area contributed by atoms with Crippen molar-refractivity contribution in [2.24, 2.45) is 0 Å². The number of nitro benzene ring substituents is 1. The number of non-ortho nitro benzene ring substituents is 1. The summed E-state index contributed by atoms with van der Waals surface area (Å²) in [5.41, 5.74) is 0.739. The Labute approximate surface area is 119 Å². The van der Waals surface area contributed by atoms with Gasteiger partial charge in [0.15, 0.2) is 0 Å². The second kappa shape index (κ2) is 6.12. The van der Waals surface area contributed by atoms with Gasteiger partial charge < -0.3 is 5.32 Å². The van der Waals surface area contributed by atoms with Crippen LogP contribution in [0.25, 0.3) is 0 Å². The molecule has 1 N–H and O–H groups in total. The summed E-state index contributed by atoms with van der Waals surface area (Å²) in [5, 5.41) is 13.3. The fourth-order valence-electron chi connectivity index (χ4n) is 1.57. The van der Waals surface area contributed by atoms with E-state index in [1.54, 1.807) is 18.3 Å². The number of nitrogens with zero attached hydrogens (tertiary/aromatic N) is 2. The summed E-state index contributed by atoms with van der Waals surface area (Å²) < 4.78 is 0. The van der Waals surface area contributed by atoms with Crippen LogP contribution < -0.4 is 5.32 Å². The molecule has 1 heterocycles. The molecule has 0 spiro atoms. The number of benzene rings is 1. The monoisotopic (exact) mass is 291 g/mol. The van der Waals surface area contributed by atoms with Gasteiger partial charge >= 0.3 is 0 Å². The molecule has 0 unspecified atom stereocenters. The molecule has 0 saturated carbocycles. The summed E-state index contributed by atoms with van der Waals surface area (Å²) in [5.74, 6) is -0.407. The van der Waals surface area contributed by atoms with Crippen LogP contribution in [0.5, 0.6) is 0 Å². The molecule has 102 valence electrons. The Hall–Kier alpha value is -2.47. The average molecular weight is 292 g/mol. The molecule has 1 amide bonds. The van der Waals surface area contributed by atoms with Crippen molar-refractivity contribution in [1.82, 2.24) is 10.3 Å². The minimum atomic E-state index is -0.568. The first-order valence-corrected chi connectivity index (χ1v) is 6.08. The Morgan fingerprint density at radius 2 is 2.15 bits per heavy atom. The minimum Gasteiger partial charge on any atom is -0.346 e. The molecule has 0 atom stereocenters. The third-order valence-electron chi connectivity index (χ3n) is 2.56. The van der Waals surface area contributed by atoms with Gasteiger partial charge in [-0.05, 0) is 18.2 Å². The van der Waals surface area contributed by atoms with Crippen molar-refractivity contribution in [2.75, 3.05) is 0 Å². The number of amides is 1. The average Bonchev–Trinajstić information content (AvgIpc) is 2.45. The molecule has 1 aromatic heterocycles. The lowest BCUT2D eigenvalue weighted by atomic mass is 10.2. The van der Waals surface area contributed by atoms with Crippen LogP contribution in [0.15, 0.2) is 42.6 Å². The van der Waals surface area contributed by atoms with Gasteiger partial charge in [0.05, 0.1) is 27.7 Å². The maximum Gasteiger partial charge on any atom is 0.270 e. The van der Waals surface area contributed by atoms with Crippen LogP contribution in [-0.2, 0) is 6.54 Å². The highest BCUT2D eigenvalue weighted by Crippen LogP contribution is 2.22. The summed E-state index contributed by atoms with van der Waals surface area (Å²) in [6.45, 7) is 0.257. The molecule has 0 aliphatic rings. The Balaban J connectivity index is 2.08. The number of nitrogens with one attached hydrogen (secondary N) is 1. The predicted molar refractivity (Wildman–Crippen MR) is 73.5 cm³/mol. The first kappa shape index (κ1) is 14.0. The van der Waals surface area contributed by atoms with Crippen molar-refractivity contribution in [2.45, 2.75) is 6.54 Å². The molecule has 0 fully saturated rings. The standard InChI is InChI=1S/C13H10ClN3O3/c14-12-7-10(17(19)20)4-5-11(12)13(18)16-8-9-3-1-2-6-15-9/h1-7H,8H2,(H,16,18). The van der Waals surface area contributed by atoms with Gasteiger partial charge in [-0.3, -0.25) is 19.9 Å². The van der Waals surface area contributed by atoms with E-state index in [1.807, 2.05) is 6.07 Å². The predicted octanol–water partition coefficient (Wildman–Crippen LogP) is 2.57. The Bertz CT molecular complexity index is 647. The minimum absolute atomic E-state index is 0.0396. The van der Waals surface area contributed by atoms with Crippen LogP contribution in [0.3, 0.4) is 0 Å². The number of halogens is 1. The maximum absolute atomic E-state index is 11.9. The van der Waals surface area contributed by atoms with Crippen molar-refractivity contribution in [3.63, 3.8) is 0 Å². The molecular weight excluding hydrogens is 282 g/mol.